The van der Waals surface area contributed by atoms with E-state index in [1.807, 2.05) is 30.3 Å². The third-order valence-electron chi connectivity index (χ3n) is 2.93. The maximum atomic E-state index is 8.67. The van der Waals surface area contributed by atoms with Crippen LogP contribution in [0.1, 0.15) is 12.5 Å². The van der Waals surface area contributed by atoms with Gasteiger partial charge in [0.1, 0.15) is 0 Å². The van der Waals surface area contributed by atoms with E-state index in [0.717, 1.165) is 18.8 Å². The van der Waals surface area contributed by atoms with E-state index in [4.69, 9.17) is 5.39 Å². The summed E-state index contributed by atoms with van der Waals surface area (Å²) >= 11 is 0. The van der Waals surface area contributed by atoms with Gasteiger partial charge in [-0.15, -0.1) is 0 Å². The fraction of sp³-hybridized carbons (Fsp3) is 0.200. The minimum absolute atomic E-state index is 0. The van der Waals surface area contributed by atoms with Crippen LogP contribution < -0.4 is 17.3 Å². The van der Waals surface area contributed by atoms with Crippen LogP contribution in [0.4, 0.5) is 11.4 Å². The van der Waals surface area contributed by atoms with E-state index in [0.29, 0.717) is 5.69 Å². The molecule has 0 heterocycles. The molecule has 100 valence electrons. The molecule has 0 unspecified atom stereocenters. The monoisotopic (exact) mass is 337 g/mol. The van der Waals surface area contributed by atoms with Crippen LogP contribution in [0.3, 0.4) is 0 Å². The molecule has 5 heteroatoms. The summed E-state index contributed by atoms with van der Waals surface area (Å²) in [5.74, 6) is 0. The first-order chi connectivity index (χ1) is 8.83. The van der Waals surface area contributed by atoms with Gasteiger partial charge in [0.2, 0.25) is 5.39 Å². The molecular weight excluding hydrogens is 323 g/mol. The van der Waals surface area contributed by atoms with Gasteiger partial charge in [0.05, 0.1) is 0 Å². The van der Waals surface area contributed by atoms with Crippen molar-refractivity contribution < 1.29 is 31.9 Å². The molecule has 0 aliphatic rings. The summed E-state index contributed by atoms with van der Waals surface area (Å²) < 4.78 is 0. The summed E-state index contributed by atoms with van der Waals surface area (Å²) in [6.45, 7) is 3.95. The summed E-state index contributed by atoms with van der Waals surface area (Å²) in [4.78, 5) is 5.44. The van der Waals surface area contributed by atoms with E-state index in [9.17, 15) is 0 Å². The van der Waals surface area contributed by atoms with Crippen LogP contribution in [-0.4, -0.2) is 6.54 Å². The van der Waals surface area contributed by atoms with Crippen LogP contribution in [0.15, 0.2) is 54.6 Å². The Bertz CT molecular complexity index is 537. The standard InChI is InChI=1S/C15H16N3.ClH.Zn/c1-2-18(12-13-6-4-3-5-7-13)15-10-8-14(17-16)9-11-15;;/h3-11H,2,12H2,1H3;1H;/q+1;;/p-1. The third kappa shape index (κ3) is 4.92. The smallest absolute Gasteiger partial charge is 0.385 e. The second kappa shape index (κ2) is 9.47. The SMILES string of the molecule is CCN(Cc1ccccc1)c1ccc([N+]#N)cc1.[Cl-].[Zn]. The van der Waals surface area contributed by atoms with Crippen molar-refractivity contribution in [2.24, 2.45) is 0 Å². The van der Waals surface area contributed by atoms with Crippen molar-refractivity contribution in [1.29, 1.82) is 5.39 Å². The molecule has 0 aliphatic heterocycles. The predicted octanol–water partition coefficient (Wildman–Crippen LogP) is 1.20. The van der Waals surface area contributed by atoms with Crippen molar-refractivity contribution in [3.8, 4) is 0 Å². The Kier molecular flexibility index (Phi) is 8.80. The van der Waals surface area contributed by atoms with Crippen molar-refractivity contribution in [3.63, 3.8) is 0 Å². The van der Waals surface area contributed by atoms with Gasteiger partial charge in [0.15, 0.2) is 4.98 Å². The van der Waals surface area contributed by atoms with E-state index in [1.165, 1.54) is 5.56 Å². The minimum Gasteiger partial charge on any atom is -1.00 e. The molecule has 2 aromatic rings. The molecule has 2 rings (SSSR count). The van der Waals surface area contributed by atoms with Crippen LogP contribution in [0, 0.1) is 5.39 Å². The number of benzene rings is 2. The summed E-state index contributed by atoms with van der Waals surface area (Å²) in [5, 5.41) is 8.67. The van der Waals surface area contributed by atoms with Crippen LogP contribution in [0.25, 0.3) is 4.98 Å². The van der Waals surface area contributed by atoms with Crippen molar-refractivity contribution in [2.45, 2.75) is 13.5 Å². The van der Waals surface area contributed by atoms with Gasteiger partial charge < -0.3 is 17.3 Å². The molecule has 0 saturated heterocycles. The number of halogens is 1. The van der Waals surface area contributed by atoms with E-state index in [1.54, 1.807) is 0 Å². The predicted molar refractivity (Wildman–Crippen MR) is 74.4 cm³/mol. The molecule has 20 heavy (non-hydrogen) atoms. The average molecular weight is 339 g/mol. The number of hydrogen-bond donors (Lipinski definition) is 0. The normalized spacial score (nSPS) is 8.80. The average Bonchev–Trinajstić information content (AvgIpc) is 2.46. The summed E-state index contributed by atoms with van der Waals surface area (Å²) in [7, 11) is 0. The Morgan fingerprint density at radius 3 is 2.10 bits per heavy atom. The molecular formula is C15H16ClN3Zn. The van der Waals surface area contributed by atoms with Gasteiger partial charge in [-0.25, -0.2) is 0 Å². The molecule has 0 atom stereocenters. The number of anilines is 1. The zero-order valence-electron chi connectivity index (χ0n) is 11.5. The second-order valence-electron chi connectivity index (χ2n) is 4.12. The molecule has 2 aromatic carbocycles. The van der Waals surface area contributed by atoms with Gasteiger partial charge in [-0.05, 0) is 24.6 Å². The van der Waals surface area contributed by atoms with Gasteiger partial charge >= 0.3 is 5.69 Å². The number of hydrogen-bond acceptors (Lipinski definition) is 2. The fourth-order valence-electron chi connectivity index (χ4n) is 1.92. The fourth-order valence-corrected chi connectivity index (χ4v) is 1.92. The molecule has 3 nitrogen and oxygen atoms in total. The van der Waals surface area contributed by atoms with E-state index < -0.39 is 0 Å². The molecule has 0 N–H and O–H groups in total. The van der Waals surface area contributed by atoms with E-state index >= 15 is 0 Å². The van der Waals surface area contributed by atoms with Crippen molar-refractivity contribution in [2.75, 3.05) is 11.4 Å². The van der Waals surface area contributed by atoms with Crippen LogP contribution in [0.2, 0.25) is 0 Å². The van der Waals surface area contributed by atoms with Crippen molar-refractivity contribution >= 4 is 11.4 Å². The molecule has 0 aliphatic carbocycles. The first-order valence-corrected chi connectivity index (χ1v) is 6.07. The Balaban J connectivity index is 0.00000180. The first-order valence-electron chi connectivity index (χ1n) is 6.07. The van der Waals surface area contributed by atoms with E-state index in [-0.39, 0.29) is 31.9 Å². The minimum atomic E-state index is 0. The number of nitrogens with zero attached hydrogens (tertiary/aromatic N) is 3. The second-order valence-corrected chi connectivity index (χ2v) is 4.12. The van der Waals surface area contributed by atoms with Gasteiger partial charge in [-0.1, -0.05) is 30.3 Å². The van der Waals surface area contributed by atoms with E-state index in [2.05, 4.69) is 41.1 Å². The largest absolute Gasteiger partial charge is 1.00 e. The molecule has 0 fully saturated rings. The maximum Gasteiger partial charge on any atom is 0.385 e. The topological polar surface area (TPSA) is 31.4 Å². The third-order valence-corrected chi connectivity index (χ3v) is 2.93. The molecule has 0 spiro atoms. The van der Waals surface area contributed by atoms with Gasteiger partial charge in [0.25, 0.3) is 0 Å². The van der Waals surface area contributed by atoms with Gasteiger partial charge in [0, 0.05) is 50.4 Å². The molecule has 0 aromatic heterocycles. The zero-order valence-corrected chi connectivity index (χ0v) is 15.3. The van der Waals surface area contributed by atoms with Gasteiger partial charge in [-0.2, -0.15) is 0 Å². The first kappa shape index (κ1) is 18.6. The molecule has 0 radical (unpaired) electrons. The Morgan fingerprint density at radius 1 is 1.00 bits per heavy atom. The maximum absolute atomic E-state index is 8.67. The number of rotatable bonds is 4. The molecule has 0 bridgehead atoms. The Labute approximate surface area is 138 Å². The number of diazo groups is 1. The van der Waals surface area contributed by atoms with Crippen molar-refractivity contribution in [1.82, 2.24) is 0 Å². The summed E-state index contributed by atoms with van der Waals surface area (Å²) in [6, 6.07) is 17.9. The van der Waals surface area contributed by atoms with Gasteiger partial charge in [-0.3, -0.25) is 0 Å². The summed E-state index contributed by atoms with van der Waals surface area (Å²) in [5.41, 5.74) is 3.00. The molecule has 0 saturated carbocycles. The van der Waals surface area contributed by atoms with Crippen molar-refractivity contribution in [3.05, 3.63) is 65.1 Å². The van der Waals surface area contributed by atoms with Crippen LogP contribution in [0.5, 0.6) is 0 Å². The Hall–Kier alpha value is -1.43. The van der Waals surface area contributed by atoms with Crippen LogP contribution >= 0.6 is 0 Å². The quantitative estimate of drug-likeness (QED) is 0.619. The van der Waals surface area contributed by atoms with Crippen LogP contribution in [-0.2, 0) is 26.0 Å². The molecule has 0 amide bonds. The Morgan fingerprint density at radius 2 is 1.60 bits per heavy atom. The summed E-state index contributed by atoms with van der Waals surface area (Å²) in [6.07, 6.45) is 0. The zero-order chi connectivity index (χ0) is 12.8.